The van der Waals surface area contributed by atoms with Gasteiger partial charge in [0, 0.05) is 50.8 Å². The molecule has 0 bridgehead atoms. The van der Waals surface area contributed by atoms with Gasteiger partial charge in [0.15, 0.2) is 17.5 Å². The van der Waals surface area contributed by atoms with Crippen LogP contribution in [0.15, 0.2) is 279 Å². The standard InChI is InChI=1S/C70H50BN9/c1-70(2,3)54-43-61-63-62(44-54)79(56-37-31-51(32-38-56)66-76-68-74-64(49-25-15-7-16-26-49)72-67-73-65(50-27-17-8-18-28-50)75-69(77-66)80(67)68)60-42-53(47-23-13-6-14-24-47)33-39-57(60)71(63)58-41-52(46-21-11-5-12-22-46)34-40-59(58)78(61)55-35-29-48(30-36-55)45-19-9-4-10-20-45/h4-44H,1-3H3. The zero-order valence-corrected chi connectivity index (χ0v) is 44.3. The summed E-state index contributed by atoms with van der Waals surface area (Å²) >= 11 is 0. The van der Waals surface area contributed by atoms with Crippen molar-refractivity contribution in [2.45, 2.75) is 26.2 Å². The summed E-state index contributed by atoms with van der Waals surface area (Å²) in [7, 11) is 0. The first-order valence-corrected chi connectivity index (χ1v) is 27.1. The summed E-state index contributed by atoms with van der Waals surface area (Å²) in [5.41, 5.74) is 21.0. The van der Waals surface area contributed by atoms with Crippen molar-refractivity contribution in [1.29, 1.82) is 0 Å². The van der Waals surface area contributed by atoms with E-state index >= 15 is 0 Å². The molecule has 10 aromatic rings. The number of anilines is 6. The van der Waals surface area contributed by atoms with Gasteiger partial charge in [-0.15, -0.1) is 0 Å². The van der Waals surface area contributed by atoms with Crippen LogP contribution >= 0.6 is 0 Å². The van der Waals surface area contributed by atoms with Crippen molar-refractivity contribution in [3.05, 3.63) is 271 Å². The van der Waals surface area contributed by atoms with Gasteiger partial charge in [-0.3, -0.25) is 0 Å². The van der Waals surface area contributed by atoms with E-state index in [9.17, 15) is 0 Å². The molecule has 0 amide bonds. The first-order valence-electron chi connectivity index (χ1n) is 27.1. The Morgan fingerprint density at radius 2 is 0.650 bits per heavy atom. The molecule has 15 rings (SSSR count). The van der Waals surface area contributed by atoms with Crippen LogP contribution in [0.4, 0.5) is 34.1 Å². The van der Waals surface area contributed by atoms with Gasteiger partial charge in [0.1, 0.15) is 0 Å². The zero-order valence-electron chi connectivity index (χ0n) is 44.3. The van der Waals surface area contributed by atoms with Crippen molar-refractivity contribution in [3.63, 3.8) is 0 Å². The highest BCUT2D eigenvalue weighted by molar-refractivity contribution is 7.00. The Kier molecular flexibility index (Phi) is 11.0. The molecule has 0 unspecified atom stereocenters. The van der Waals surface area contributed by atoms with Crippen LogP contribution in [-0.2, 0) is 5.41 Å². The molecule has 0 radical (unpaired) electrons. The molecule has 0 atom stereocenters. The number of guanidine groups is 3. The van der Waals surface area contributed by atoms with Crippen LogP contribution in [0.5, 0.6) is 0 Å². The van der Waals surface area contributed by atoms with E-state index in [1.807, 2.05) is 60.7 Å². The van der Waals surface area contributed by atoms with E-state index in [0.717, 1.165) is 56.3 Å². The molecule has 0 fully saturated rings. The third kappa shape index (κ3) is 8.02. The summed E-state index contributed by atoms with van der Waals surface area (Å²) in [5, 5.41) is 0. The lowest BCUT2D eigenvalue weighted by Crippen LogP contribution is -2.61. The zero-order chi connectivity index (χ0) is 53.5. The molecule has 0 N–H and O–H groups in total. The molecule has 378 valence electrons. The Balaban J connectivity index is 0.924. The topological polar surface area (TPSA) is 83.9 Å². The van der Waals surface area contributed by atoms with Gasteiger partial charge in [0.25, 0.3) is 6.71 Å². The first kappa shape index (κ1) is 46.9. The molecule has 0 aromatic heterocycles. The van der Waals surface area contributed by atoms with Gasteiger partial charge in [-0.05, 0) is 121 Å². The van der Waals surface area contributed by atoms with Crippen molar-refractivity contribution >= 4 is 92.6 Å². The maximum absolute atomic E-state index is 5.13. The Morgan fingerprint density at radius 1 is 0.287 bits per heavy atom. The lowest BCUT2D eigenvalue weighted by molar-refractivity contribution is 0.590. The Hall–Kier alpha value is -10.3. The number of rotatable bonds is 8. The monoisotopic (exact) mass is 1030 g/mol. The second-order valence-electron chi connectivity index (χ2n) is 21.6. The number of fused-ring (bicyclic) bond motifs is 4. The third-order valence-corrected chi connectivity index (χ3v) is 15.7. The highest BCUT2D eigenvalue weighted by Crippen LogP contribution is 2.47. The molecule has 5 aliphatic rings. The van der Waals surface area contributed by atoms with E-state index in [2.05, 4.69) is 219 Å². The summed E-state index contributed by atoms with van der Waals surface area (Å²) in [6, 6.07) is 88.7. The van der Waals surface area contributed by atoms with Crippen LogP contribution in [0.1, 0.15) is 43.0 Å². The maximum Gasteiger partial charge on any atom is 0.252 e. The minimum Gasteiger partial charge on any atom is -0.311 e. The first-order chi connectivity index (χ1) is 39.3. The van der Waals surface area contributed by atoms with Crippen LogP contribution in [-0.4, -0.2) is 47.0 Å². The van der Waals surface area contributed by atoms with E-state index in [1.165, 1.54) is 49.9 Å². The summed E-state index contributed by atoms with van der Waals surface area (Å²) in [6.07, 6.45) is 0. The minimum atomic E-state index is -0.200. The van der Waals surface area contributed by atoms with Crippen molar-refractivity contribution in [2.24, 2.45) is 30.0 Å². The SMILES string of the molecule is CC(C)(C)c1cc2c3c(c1)N(c1ccc(C4=NC5=NC(c6ccccc6)=NC6=NC(c7ccccc7)=NC(=N4)N65)cc1)c1cc(-c4ccccc4)ccc1B3c1cc(-c3ccccc3)ccc1N2c1ccc(-c2ccccc2)cc1. The van der Waals surface area contributed by atoms with Crippen LogP contribution in [0.25, 0.3) is 33.4 Å². The molecule has 0 saturated carbocycles. The molecule has 0 spiro atoms. The predicted molar refractivity (Wildman–Crippen MR) is 332 cm³/mol. The van der Waals surface area contributed by atoms with Gasteiger partial charge in [0.05, 0.1) is 0 Å². The van der Waals surface area contributed by atoms with Gasteiger partial charge in [0.2, 0.25) is 17.9 Å². The van der Waals surface area contributed by atoms with Crippen LogP contribution in [0.3, 0.4) is 0 Å². The van der Waals surface area contributed by atoms with Crippen molar-refractivity contribution in [2.75, 3.05) is 9.80 Å². The fourth-order valence-electron chi connectivity index (χ4n) is 11.6. The molecular weight excluding hydrogens is 978 g/mol. The normalized spacial score (nSPS) is 14.8. The van der Waals surface area contributed by atoms with Gasteiger partial charge < -0.3 is 9.80 Å². The number of hydrogen-bond donors (Lipinski definition) is 0. The molecule has 10 heteroatoms. The van der Waals surface area contributed by atoms with Crippen LogP contribution in [0.2, 0.25) is 0 Å². The quantitative estimate of drug-likeness (QED) is 0.142. The Bertz CT molecular complexity index is 4260. The van der Waals surface area contributed by atoms with E-state index in [1.54, 1.807) is 4.90 Å². The lowest BCUT2D eigenvalue weighted by atomic mass is 9.33. The molecule has 9 nitrogen and oxygen atoms in total. The molecule has 5 aliphatic heterocycles. The van der Waals surface area contributed by atoms with E-state index < -0.39 is 0 Å². The second kappa shape index (κ2) is 18.7. The van der Waals surface area contributed by atoms with Gasteiger partial charge in [-0.2, -0.15) is 30.0 Å². The van der Waals surface area contributed by atoms with Crippen LogP contribution in [0, 0.1) is 0 Å². The largest absolute Gasteiger partial charge is 0.311 e. The number of nitrogens with zero attached hydrogens (tertiary/aromatic N) is 9. The summed E-state index contributed by atoms with van der Waals surface area (Å²) in [5.74, 6) is 2.75. The minimum absolute atomic E-state index is 0.0934. The predicted octanol–water partition coefficient (Wildman–Crippen LogP) is 14.1. The van der Waals surface area contributed by atoms with E-state index in [4.69, 9.17) is 30.0 Å². The number of hydrogen-bond acceptors (Lipinski definition) is 9. The Morgan fingerprint density at radius 3 is 1.11 bits per heavy atom. The number of amidine groups is 3. The molecule has 0 aliphatic carbocycles. The molecule has 5 heterocycles. The molecule has 10 aromatic carbocycles. The third-order valence-electron chi connectivity index (χ3n) is 15.7. The molecule has 0 saturated heterocycles. The number of benzene rings is 10. The fraction of sp³-hybridized carbons (Fsp3) is 0.0571. The van der Waals surface area contributed by atoms with Crippen LogP contribution < -0.4 is 26.2 Å². The Labute approximate surface area is 465 Å². The second-order valence-corrected chi connectivity index (χ2v) is 21.6. The van der Waals surface area contributed by atoms with Crippen molar-refractivity contribution in [1.82, 2.24) is 4.90 Å². The average Bonchev–Trinajstić information content (AvgIpc) is 3.65. The van der Waals surface area contributed by atoms with Gasteiger partial charge in [-0.1, -0.05) is 209 Å². The highest BCUT2D eigenvalue weighted by Gasteiger charge is 2.45. The van der Waals surface area contributed by atoms with Gasteiger partial charge in [-0.25, -0.2) is 4.90 Å². The van der Waals surface area contributed by atoms with Crippen molar-refractivity contribution in [3.8, 4) is 33.4 Å². The number of aliphatic imine (C=N–C) groups is 6. The van der Waals surface area contributed by atoms with E-state index in [-0.39, 0.29) is 12.1 Å². The molecule has 80 heavy (non-hydrogen) atoms. The highest BCUT2D eigenvalue weighted by atomic mass is 15.5. The summed E-state index contributed by atoms with van der Waals surface area (Å²) < 4.78 is 0. The smallest absolute Gasteiger partial charge is 0.252 e. The summed E-state index contributed by atoms with van der Waals surface area (Å²) in [6.45, 7) is 6.86. The molecular formula is C70H50BN9. The summed E-state index contributed by atoms with van der Waals surface area (Å²) in [4.78, 5) is 36.9. The fourth-order valence-corrected chi connectivity index (χ4v) is 11.6. The van der Waals surface area contributed by atoms with Gasteiger partial charge >= 0.3 is 0 Å². The average molecular weight is 1030 g/mol. The van der Waals surface area contributed by atoms with Crippen molar-refractivity contribution < 1.29 is 0 Å². The lowest BCUT2D eigenvalue weighted by Gasteiger charge is -2.45. The van der Waals surface area contributed by atoms with E-state index in [0.29, 0.717) is 35.4 Å². The maximum atomic E-state index is 5.13.